The lowest BCUT2D eigenvalue weighted by atomic mass is 10.1. The molecule has 0 amide bonds. The summed E-state index contributed by atoms with van der Waals surface area (Å²) in [7, 11) is 0. The lowest BCUT2D eigenvalue weighted by molar-refractivity contribution is 0.535. The van der Waals surface area contributed by atoms with Gasteiger partial charge in [0.1, 0.15) is 12.1 Å². The molecule has 0 spiro atoms. The van der Waals surface area contributed by atoms with E-state index in [1.54, 1.807) is 6.33 Å². The summed E-state index contributed by atoms with van der Waals surface area (Å²) in [6.45, 7) is 5.42. The fourth-order valence-corrected chi connectivity index (χ4v) is 2.28. The average Bonchev–Trinajstić information content (AvgIpc) is 3.05. The summed E-state index contributed by atoms with van der Waals surface area (Å²) in [5.74, 6) is 2.72. The monoisotopic (exact) mass is 230 g/mol. The number of nitrogens with one attached hydrogen (secondary N) is 1. The molecule has 1 atom stereocenters. The van der Waals surface area contributed by atoms with E-state index in [0.29, 0.717) is 0 Å². The molecule has 17 heavy (non-hydrogen) atoms. The fraction of sp³-hybridized carbons (Fsp3) is 0.538. The molecule has 0 saturated heterocycles. The van der Waals surface area contributed by atoms with Crippen LogP contribution in [0.3, 0.4) is 0 Å². The molecular weight excluding hydrogens is 212 g/mol. The minimum atomic E-state index is 0.745. The lowest BCUT2D eigenvalue weighted by Gasteiger charge is -2.13. The van der Waals surface area contributed by atoms with Gasteiger partial charge in [0.15, 0.2) is 5.65 Å². The van der Waals surface area contributed by atoms with Crippen molar-refractivity contribution in [3.05, 3.63) is 24.0 Å². The Bertz CT molecular complexity index is 527. The molecule has 1 N–H and O–H groups in total. The number of rotatable bonds is 4. The zero-order chi connectivity index (χ0) is 11.8. The minimum absolute atomic E-state index is 0.745. The van der Waals surface area contributed by atoms with Gasteiger partial charge in [-0.3, -0.25) is 0 Å². The van der Waals surface area contributed by atoms with E-state index in [-0.39, 0.29) is 0 Å². The molecule has 2 aromatic heterocycles. The SMILES string of the molecule is Cc1cc(NCC(C)C2CC2)n2ncnc2c1. The van der Waals surface area contributed by atoms with Gasteiger partial charge in [-0.2, -0.15) is 9.61 Å². The third-order valence-corrected chi connectivity index (χ3v) is 3.56. The van der Waals surface area contributed by atoms with E-state index in [9.17, 15) is 0 Å². The van der Waals surface area contributed by atoms with Gasteiger partial charge in [-0.1, -0.05) is 6.92 Å². The van der Waals surface area contributed by atoms with Crippen molar-refractivity contribution in [2.75, 3.05) is 11.9 Å². The average molecular weight is 230 g/mol. The zero-order valence-electron chi connectivity index (χ0n) is 10.3. The third kappa shape index (κ3) is 2.12. The second-order valence-electron chi connectivity index (χ2n) is 5.14. The van der Waals surface area contributed by atoms with E-state index < -0.39 is 0 Å². The van der Waals surface area contributed by atoms with Crippen molar-refractivity contribution in [2.24, 2.45) is 11.8 Å². The number of hydrogen-bond donors (Lipinski definition) is 1. The second-order valence-corrected chi connectivity index (χ2v) is 5.14. The standard InChI is InChI=1S/C13H18N4/c1-9-5-12(14-7-10(2)11-3-4-11)17-13(6-9)15-8-16-17/h5-6,8,10-11,14H,3-4,7H2,1-2H3. The first kappa shape index (κ1) is 10.6. The lowest BCUT2D eigenvalue weighted by Crippen LogP contribution is -2.15. The van der Waals surface area contributed by atoms with Crippen LogP contribution in [0.1, 0.15) is 25.3 Å². The molecule has 1 fully saturated rings. The molecule has 0 radical (unpaired) electrons. The number of nitrogens with zero attached hydrogens (tertiary/aromatic N) is 3. The van der Waals surface area contributed by atoms with Crippen molar-refractivity contribution in [3.63, 3.8) is 0 Å². The summed E-state index contributed by atoms with van der Waals surface area (Å²) in [5.41, 5.74) is 2.12. The van der Waals surface area contributed by atoms with E-state index in [2.05, 4.69) is 35.3 Å². The van der Waals surface area contributed by atoms with Crippen LogP contribution >= 0.6 is 0 Å². The Labute approximate surface area is 101 Å². The van der Waals surface area contributed by atoms with Crippen LogP contribution in [-0.4, -0.2) is 21.1 Å². The van der Waals surface area contributed by atoms with Gasteiger partial charge < -0.3 is 5.32 Å². The first-order valence-corrected chi connectivity index (χ1v) is 6.28. The molecule has 4 nitrogen and oxygen atoms in total. The predicted octanol–water partition coefficient (Wildman–Crippen LogP) is 2.50. The summed E-state index contributed by atoms with van der Waals surface area (Å²) in [4.78, 5) is 4.23. The minimum Gasteiger partial charge on any atom is -0.370 e. The predicted molar refractivity (Wildman–Crippen MR) is 68.1 cm³/mol. The third-order valence-electron chi connectivity index (χ3n) is 3.56. The summed E-state index contributed by atoms with van der Waals surface area (Å²) in [6, 6.07) is 4.17. The van der Waals surface area contributed by atoms with Crippen LogP contribution in [0.2, 0.25) is 0 Å². The van der Waals surface area contributed by atoms with Crippen LogP contribution in [0.5, 0.6) is 0 Å². The van der Waals surface area contributed by atoms with Crippen molar-refractivity contribution in [1.82, 2.24) is 14.6 Å². The van der Waals surface area contributed by atoms with Crippen molar-refractivity contribution in [2.45, 2.75) is 26.7 Å². The van der Waals surface area contributed by atoms with Crippen LogP contribution in [0.4, 0.5) is 5.82 Å². The molecule has 0 aliphatic heterocycles. The molecule has 1 aliphatic rings. The van der Waals surface area contributed by atoms with Crippen molar-refractivity contribution in [1.29, 1.82) is 0 Å². The van der Waals surface area contributed by atoms with Gasteiger partial charge in [-0.15, -0.1) is 0 Å². The van der Waals surface area contributed by atoms with E-state index in [1.165, 1.54) is 18.4 Å². The molecule has 3 rings (SSSR count). The van der Waals surface area contributed by atoms with Crippen LogP contribution in [0.25, 0.3) is 5.65 Å². The highest BCUT2D eigenvalue weighted by molar-refractivity contribution is 5.51. The molecule has 0 bridgehead atoms. The van der Waals surface area contributed by atoms with E-state index >= 15 is 0 Å². The molecule has 0 aromatic carbocycles. The molecule has 2 aromatic rings. The van der Waals surface area contributed by atoms with Gasteiger partial charge in [0, 0.05) is 6.54 Å². The molecule has 1 aliphatic carbocycles. The Hall–Kier alpha value is -1.58. The van der Waals surface area contributed by atoms with E-state index in [0.717, 1.165) is 29.8 Å². The number of hydrogen-bond acceptors (Lipinski definition) is 3. The topological polar surface area (TPSA) is 42.2 Å². The maximum atomic E-state index is 4.24. The quantitative estimate of drug-likeness (QED) is 0.877. The van der Waals surface area contributed by atoms with Gasteiger partial charge in [0.25, 0.3) is 0 Å². The largest absolute Gasteiger partial charge is 0.370 e. The van der Waals surface area contributed by atoms with E-state index in [4.69, 9.17) is 0 Å². The molecule has 1 unspecified atom stereocenters. The maximum absolute atomic E-state index is 4.24. The Morgan fingerprint density at radius 3 is 3.06 bits per heavy atom. The molecule has 1 saturated carbocycles. The van der Waals surface area contributed by atoms with Crippen LogP contribution in [0, 0.1) is 18.8 Å². The van der Waals surface area contributed by atoms with Crippen molar-refractivity contribution >= 4 is 11.5 Å². The molecule has 90 valence electrons. The highest BCUT2D eigenvalue weighted by Gasteiger charge is 2.27. The number of pyridine rings is 1. The zero-order valence-corrected chi connectivity index (χ0v) is 10.3. The van der Waals surface area contributed by atoms with Gasteiger partial charge in [-0.25, -0.2) is 4.98 Å². The Balaban J connectivity index is 1.80. The molecule has 4 heteroatoms. The van der Waals surface area contributed by atoms with Gasteiger partial charge in [-0.05, 0) is 49.3 Å². The Morgan fingerprint density at radius 2 is 2.29 bits per heavy atom. The molecule has 2 heterocycles. The Morgan fingerprint density at radius 1 is 1.47 bits per heavy atom. The van der Waals surface area contributed by atoms with Crippen LogP contribution in [-0.2, 0) is 0 Å². The molecular formula is C13H18N4. The number of aromatic nitrogens is 3. The number of anilines is 1. The summed E-state index contributed by atoms with van der Waals surface area (Å²) in [5, 5.41) is 7.74. The van der Waals surface area contributed by atoms with Crippen molar-refractivity contribution < 1.29 is 0 Å². The highest BCUT2D eigenvalue weighted by Crippen LogP contribution is 2.36. The Kier molecular flexibility index (Phi) is 2.50. The van der Waals surface area contributed by atoms with Gasteiger partial charge in [0.2, 0.25) is 0 Å². The van der Waals surface area contributed by atoms with Crippen LogP contribution < -0.4 is 5.32 Å². The first-order valence-electron chi connectivity index (χ1n) is 6.28. The van der Waals surface area contributed by atoms with Gasteiger partial charge in [0.05, 0.1) is 0 Å². The number of aryl methyl sites for hydroxylation is 1. The summed E-state index contributed by atoms with van der Waals surface area (Å²) in [6.07, 6.45) is 4.40. The van der Waals surface area contributed by atoms with Crippen LogP contribution in [0.15, 0.2) is 18.5 Å². The normalized spacial score (nSPS) is 17.3. The highest BCUT2D eigenvalue weighted by atomic mass is 15.3. The second kappa shape index (κ2) is 4.02. The summed E-state index contributed by atoms with van der Waals surface area (Å²) < 4.78 is 1.87. The summed E-state index contributed by atoms with van der Waals surface area (Å²) >= 11 is 0. The smallest absolute Gasteiger partial charge is 0.157 e. The fourth-order valence-electron chi connectivity index (χ4n) is 2.28. The van der Waals surface area contributed by atoms with E-state index in [1.807, 2.05) is 10.6 Å². The van der Waals surface area contributed by atoms with Gasteiger partial charge >= 0.3 is 0 Å². The van der Waals surface area contributed by atoms with Crippen molar-refractivity contribution in [3.8, 4) is 0 Å². The maximum Gasteiger partial charge on any atom is 0.157 e. The number of fused-ring (bicyclic) bond motifs is 1. The first-order chi connectivity index (χ1) is 8.24.